The van der Waals surface area contributed by atoms with Crippen molar-refractivity contribution in [3.63, 3.8) is 0 Å². The van der Waals surface area contributed by atoms with Gasteiger partial charge in [0.05, 0.1) is 0 Å². The normalized spacial score (nSPS) is 13.1. The van der Waals surface area contributed by atoms with Gasteiger partial charge in [0.2, 0.25) is 0 Å². The van der Waals surface area contributed by atoms with Gasteiger partial charge < -0.3 is 0 Å². The second-order valence-electron chi connectivity index (χ2n) is 2.36. The van der Waals surface area contributed by atoms with Gasteiger partial charge in [0.1, 0.15) is 0 Å². The number of benzene rings is 1. The van der Waals surface area contributed by atoms with Crippen LogP contribution in [-0.2, 0) is 0 Å². The molecule has 11 heavy (non-hydrogen) atoms. The van der Waals surface area contributed by atoms with Gasteiger partial charge in [-0.3, -0.25) is 0 Å². The average Bonchev–Trinajstić information content (AvgIpc) is 1.86. The first kappa shape index (κ1) is 9.61. The third-order valence-electron chi connectivity index (χ3n) is 1.38. The zero-order chi connectivity index (χ0) is 8.48. The minimum absolute atomic E-state index is 0.841. The Hall–Kier alpha value is 0.520. The molecule has 0 amide bonds. The Morgan fingerprint density at radius 2 is 1.45 bits per heavy atom. The van der Waals surface area contributed by atoms with Crippen LogP contribution in [0.4, 0.5) is 0 Å². The zero-order valence-corrected chi connectivity index (χ0v) is 9.21. The molecule has 62 valence electrons. The molecule has 0 aliphatic rings. The molecule has 1 rings (SSSR count). The molecule has 0 atom stereocenters. The fourth-order valence-corrected chi connectivity index (χ4v) is 2.42. The Morgan fingerprint density at radius 1 is 1.00 bits per heavy atom. The van der Waals surface area contributed by atoms with Crippen molar-refractivity contribution in [2.75, 3.05) is 0 Å². The van der Waals surface area contributed by atoms with Gasteiger partial charge >= 0.3 is 81.1 Å². The fourth-order valence-electron chi connectivity index (χ4n) is 0.743. The summed E-state index contributed by atoms with van der Waals surface area (Å²) in [7, 11) is 0. The van der Waals surface area contributed by atoms with Crippen LogP contribution in [0.3, 0.4) is 0 Å². The Balaban J connectivity index is 2.99. The topological polar surface area (TPSA) is 0 Å². The summed E-state index contributed by atoms with van der Waals surface area (Å²) in [6, 6.07) is 7.64. The summed E-state index contributed by atoms with van der Waals surface area (Å²) >= 11 is 17.3. The van der Waals surface area contributed by atoms with Gasteiger partial charge in [-0.25, -0.2) is 0 Å². The van der Waals surface area contributed by atoms with E-state index in [-0.39, 0.29) is 0 Å². The predicted molar refractivity (Wildman–Crippen MR) is 56.7 cm³/mol. The van der Waals surface area contributed by atoms with Gasteiger partial charge in [0, 0.05) is 0 Å². The summed E-state index contributed by atoms with van der Waals surface area (Å²) in [5, 5.41) is -1.80. The molecule has 0 bridgehead atoms. The molecule has 4 heteroatoms. The molecule has 0 N–H and O–H groups in total. The van der Waals surface area contributed by atoms with Crippen LogP contribution < -0.4 is 5.30 Å². The van der Waals surface area contributed by atoms with Crippen molar-refractivity contribution in [2.45, 2.75) is 6.92 Å². The standard InChI is InChI=1S/C7H8Cl3P/c1-6-2-4-7(5-3-6)11(8,9)10/h2-5,11H,1H3. The summed E-state index contributed by atoms with van der Waals surface area (Å²) in [5.74, 6) is 0. The molecule has 0 aliphatic carbocycles. The second kappa shape index (κ2) is 3.49. The summed E-state index contributed by atoms with van der Waals surface area (Å²) in [6.45, 7) is 2.00. The van der Waals surface area contributed by atoms with Crippen molar-refractivity contribution in [1.29, 1.82) is 0 Å². The van der Waals surface area contributed by atoms with Crippen LogP contribution in [0.1, 0.15) is 5.56 Å². The maximum atomic E-state index is 5.78. The van der Waals surface area contributed by atoms with Crippen molar-refractivity contribution >= 4 is 44.3 Å². The van der Waals surface area contributed by atoms with Gasteiger partial charge in [-0.2, -0.15) is 0 Å². The van der Waals surface area contributed by atoms with E-state index >= 15 is 0 Å². The summed E-state index contributed by atoms with van der Waals surface area (Å²) in [4.78, 5) is 0. The van der Waals surface area contributed by atoms with Gasteiger partial charge in [0.25, 0.3) is 0 Å². The van der Waals surface area contributed by atoms with E-state index in [1.807, 2.05) is 31.2 Å². The third-order valence-corrected chi connectivity index (χ3v) is 4.33. The van der Waals surface area contributed by atoms with E-state index in [0.29, 0.717) is 0 Å². The average molecular weight is 229 g/mol. The molecule has 0 nitrogen and oxygen atoms in total. The van der Waals surface area contributed by atoms with E-state index in [2.05, 4.69) is 0 Å². The van der Waals surface area contributed by atoms with Crippen molar-refractivity contribution in [3.05, 3.63) is 29.8 Å². The van der Waals surface area contributed by atoms with Crippen LogP contribution >= 0.6 is 39.0 Å². The Morgan fingerprint density at radius 3 is 1.82 bits per heavy atom. The number of aryl methyl sites for hydroxylation is 1. The molecule has 0 saturated carbocycles. The molecule has 0 spiro atoms. The quantitative estimate of drug-likeness (QED) is 0.642. The summed E-state index contributed by atoms with van der Waals surface area (Å²) in [6.07, 6.45) is 0. The van der Waals surface area contributed by atoms with Crippen molar-refractivity contribution < 1.29 is 0 Å². The molecule has 0 fully saturated rings. The molecule has 0 radical (unpaired) electrons. The minimum atomic E-state index is -2.64. The Labute approximate surface area is 81.2 Å². The first-order chi connectivity index (χ1) is 5.00. The van der Waals surface area contributed by atoms with Crippen LogP contribution in [-0.4, -0.2) is 0 Å². The van der Waals surface area contributed by atoms with Crippen LogP contribution in [0, 0.1) is 6.92 Å². The molecule has 0 aromatic heterocycles. The van der Waals surface area contributed by atoms with E-state index < -0.39 is 5.32 Å². The molecular weight excluding hydrogens is 221 g/mol. The number of halogens is 3. The third kappa shape index (κ3) is 2.80. The maximum absolute atomic E-state index is 5.78. The fraction of sp³-hybridized carbons (Fsp3) is 0.143. The molecular formula is C7H8Cl3P. The monoisotopic (exact) mass is 228 g/mol. The number of hydrogen-bond donors (Lipinski definition) is 0. The van der Waals surface area contributed by atoms with Gasteiger partial charge in [0.15, 0.2) is 0 Å². The van der Waals surface area contributed by atoms with E-state index in [1.165, 1.54) is 5.56 Å². The van der Waals surface area contributed by atoms with Crippen LogP contribution in [0.2, 0.25) is 0 Å². The SMILES string of the molecule is Cc1ccc([PH](Cl)(Cl)Cl)cc1. The molecule has 0 aliphatic heterocycles. The zero-order valence-electron chi connectivity index (χ0n) is 5.94. The molecule has 0 saturated heterocycles. The van der Waals surface area contributed by atoms with Gasteiger partial charge in [-0.05, 0) is 0 Å². The predicted octanol–water partition coefficient (Wildman–Crippen LogP) is 3.83. The first-order valence-electron chi connectivity index (χ1n) is 3.14. The van der Waals surface area contributed by atoms with E-state index in [4.69, 9.17) is 33.7 Å². The van der Waals surface area contributed by atoms with E-state index in [9.17, 15) is 0 Å². The summed E-state index contributed by atoms with van der Waals surface area (Å²) < 4.78 is 0. The van der Waals surface area contributed by atoms with Crippen molar-refractivity contribution in [3.8, 4) is 0 Å². The Kier molecular flexibility index (Phi) is 3.05. The number of rotatable bonds is 1. The van der Waals surface area contributed by atoms with Crippen molar-refractivity contribution in [2.24, 2.45) is 0 Å². The van der Waals surface area contributed by atoms with Crippen LogP contribution in [0.25, 0.3) is 0 Å². The van der Waals surface area contributed by atoms with Gasteiger partial charge in [-0.15, -0.1) is 0 Å². The molecule has 1 aromatic rings. The second-order valence-corrected chi connectivity index (χ2v) is 10.8. The Bertz CT molecular complexity index is 237. The number of hydrogen-bond acceptors (Lipinski definition) is 0. The van der Waals surface area contributed by atoms with Crippen molar-refractivity contribution in [1.82, 2.24) is 0 Å². The molecule has 0 heterocycles. The van der Waals surface area contributed by atoms with E-state index in [1.54, 1.807) is 0 Å². The first-order valence-corrected chi connectivity index (χ1v) is 8.17. The van der Waals surface area contributed by atoms with Crippen LogP contribution in [0.15, 0.2) is 24.3 Å². The molecule has 0 unspecified atom stereocenters. The van der Waals surface area contributed by atoms with Crippen LogP contribution in [0.5, 0.6) is 0 Å². The molecule has 1 aromatic carbocycles. The van der Waals surface area contributed by atoms with E-state index in [0.717, 1.165) is 5.30 Å². The van der Waals surface area contributed by atoms with Gasteiger partial charge in [-0.1, -0.05) is 0 Å². The summed E-state index contributed by atoms with van der Waals surface area (Å²) in [5.41, 5.74) is 1.18.